The van der Waals surface area contributed by atoms with E-state index in [0.29, 0.717) is 11.1 Å². The van der Waals surface area contributed by atoms with Crippen molar-refractivity contribution in [2.45, 2.75) is 6.92 Å². The van der Waals surface area contributed by atoms with Crippen molar-refractivity contribution in [1.82, 2.24) is 15.8 Å². The zero-order valence-corrected chi connectivity index (χ0v) is 16.9. The molecule has 30 heavy (non-hydrogen) atoms. The van der Waals surface area contributed by atoms with Crippen molar-refractivity contribution in [2.24, 2.45) is 0 Å². The number of anilines is 2. The molecule has 0 unspecified atom stereocenters. The SMILES string of the molecule is Cc1cc(-c2ccccc2)nc2oc(C(=O)NNC(=S)Nc3ccccc3)c(N)c12. The first-order valence-corrected chi connectivity index (χ1v) is 9.61. The van der Waals surface area contributed by atoms with E-state index < -0.39 is 5.91 Å². The molecule has 5 N–H and O–H groups in total. The van der Waals surface area contributed by atoms with Gasteiger partial charge in [-0.25, -0.2) is 4.98 Å². The Balaban J connectivity index is 1.53. The fraction of sp³-hybridized carbons (Fsp3) is 0.0455. The van der Waals surface area contributed by atoms with Crippen molar-refractivity contribution >= 4 is 45.7 Å². The smallest absolute Gasteiger partial charge is 0.307 e. The Morgan fingerprint density at radius 3 is 2.40 bits per heavy atom. The van der Waals surface area contributed by atoms with E-state index >= 15 is 0 Å². The number of aromatic nitrogens is 1. The highest BCUT2D eigenvalue weighted by Gasteiger charge is 2.21. The summed E-state index contributed by atoms with van der Waals surface area (Å²) in [5.41, 5.74) is 15.2. The van der Waals surface area contributed by atoms with Gasteiger partial charge in [-0.05, 0) is 42.9 Å². The molecule has 0 atom stereocenters. The third-order valence-electron chi connectivity index (χ3n) is 4.49. The van der Waals surface area contributed by atoms with Crippen molar-refractivity contribution < 1.29 is 9.21 Å². The number of aryl methyl sites for hydroxylation is 1. The molecule has 0 aliphatic rings. The van der Waals surface area contributed by atoms with Gasteiger partial charge in [0.1, 0.15) is 0 Å². The minimum atomic E-state index is -0.552. The number of nitrogens with zero attached hydrogens (tertiary/aromatic N) is 1. The lowest BCUT2D eigenvalue weighted by Crippen LogP contribution is -2.43. The highest BCUT2D eigenvalue weighted by molar-refractivity contribution is 7.80. The molecule has 0 spiro atoms. The largest absolute Gasteiger partial charge is 0.430 e. The number of pyridine rings is 1. The minimum Gasteiger partial charge on any atom is -0.430 e. The van der Waals surface area contributed by atoms with Gasteiger partial charge in [0.2, 0.25) is 11.5 Å². The molecule has 150 valence electrons. The normalized spacial score (nSPS) is 10.6. The summed E-state index contributed by atoms with van der Waals surface area (Å²) in [7, 11) is 0. The molecular formula is C22H19N5O2S. The van der Waals surface area contributed by atoms with E-state index in [-0.39, 0.29) is 16.6 Å². The van der Waals surface area contributed by atoms with Gasteiger partial charge in [-0.3, -0.25) is 15.6 Å². The number of rotatable bonds is 3. The third kappa shape index (κ3) is 3.94. The fourth-order valence-electron chi connectivity index (χ4n) is 3.09. The molecule has 4 rings (SSSR count). The summed E-state index contributed by atoms with van der Waals surface area (Å²) in [6, 6.07) is 21.0. The first kappa shape index (κ1) is 19.4. The second-order valence-electron chi connectivity index (χ2n) is 6.61. The molecule has 7 nitrogen and oxygen atoms in total. The van der Waals surface area contributed by atoms with Gasteiger partial charge in [0.15, 0.2) is 5.11 Å². The Morgan fingerprint density at radius 2 is 1.70 bits per heavy atom. The topological polar surface area (TPSA) is 105 Å². The first-order valence-electron chi connectivity index (χ1n) is 9.20. The van der Waals surface area contributed by atoms with Gasteiger partial charge in [0, 0.05) is 11.3 Å². The van der Waals surface area contributed by atoms with E-state index in [2.05, 4.69) is 21.2 Å². The van der Waals surface area contributed by atoms with Crippen LogP contribution in [0.5, 0.6) is 0 Å². The van der Waals surface area contributed by atoms with Crippen LogP contribution in [-0.4, -0.2) is 16.0 Å². The number of fused-ring (bicyclic) bond motifs is 1. The number of para-hydroxylation sites is 1. The van der Waals surface area contributed by atoms with Crippen molar-refractivity contribution in [1.29, 1.82) is 0 Å². The van der Waals surface area contributed by atoms with E-state index in [4.69, 9.17) is 22.4 Å². The van der Waals surface area contributed by atoms with Crippen LogP contribution in [0.15, 0.2) is 71.1 Å². The van der Waals surface area contributed by atoms with Gasteiger partial charge >= 0.3 is 5.91 Å². The van der Waals surface area contributed by atoms with Crippen LogP contribution in [0.1, 0.15) is 16.1 Å². The zero-order valence-electron chi connectivity index (χ0n) is 16.1. The molecule has 1 amide bonds. The lowest BCUT2D eigenvalue weighted by atomic mass is 10.1. The zero-order chi connectivity index (χ0) is 21.1. The monoisotopic (exact) mass is 417 g/mol. The average molecular weight is 417 g/mol. The number of nitrogens with two attached hydrogens (primary N) is 1. The van der Waals surface area contributed by atoms with Crippen LogP contribution in [0.2, 0.25) is 0 Å². The standard InChI is InChI=1S/C22H19N5O2S/c1-13-12-16(14-8-4-2-5-9-14)25-21-17(13)18(23)19(29-21)20(28)26-27-22(30)24-15-10-6-3-7-11-15/h2-12H,23H2,1H3,(H,26,28)(H2,24,27,30). The van der Waals surface area contributed by atoms with E-state index in [9.17, 15) is 4.79 Å². The maximum absolute atomic E-state index is 12.6. The Morgan fingerprint density at radius 1 is 1.03 bits per heavy atom. The van der Waals surface area contributed by atoms with Gasteiger partial charge in [0.05, 0.1) is 16.8 Å². The Bertz CT molecular complexity index is 1220. The molecule has 2 heterocycles. The maximum atomic E-state index is 12.6. The molecule has 8 heteroatoms. The summed E-state index contributed by atoms with van der Waals surface area (Å²) < 4.78 is 5.70. The number of hydrazine groups is 1. The first-order chi connectivity index (χ1) is 14.5. The maximum Gasteiger partial charge on any atom is 0.307 e. The number of thiocarbonyl (C=S) groups is 1. The Kier molecular flexibility index (Phi) is 5.32. The van der Waals surface area contributed by atoms with Crippen LogP contribution in [0, 0.1) is 6.92 Å². The van der Waals surface area contributed by atoms with Crippen molar-refractivity contribution in [3.63, 3.8) is 0 Å². The summed E-state index contributed by atoms with van der Waals surface area (Å²) in [4.78, 5) is 17.1. The predicted octanol–water partition coefficient (Wildman–Crippen LogP) is 4.02. The highest BCUT2D eigenvalue weighted by Crippen LogP contribution is 2.32. The summed E-state index contributed by atoms with van der Waals surface area (Å²) in [6.45, 7) is 1.90. The second-order valence-corrected chi connectivity index (χ2v) is 7.02. The van der Waals surface area contributed by atoms with Crippen LogP contribution < -0.4 is 21.9 Å². The van der Waals surface area contributed by atoms with Crippen molar-refractivity contribution in [2.75, 3.05) is 11.1 Å². The number of hydrogen-bond donors (Lipinski definition) is 4. The van der Waals surface area contributed by atoms with Crippen LogP contribution >= 0.6 is 12.2 Å². The molecule has 2 aromatic heterocycles. The number of nitrogen functional groups attached to an aromatic ring is 1. The van der Waals surface area contributed by atoms with E-state index in [1.54, 1.807) is 0 Å². The van der Waals surface area contributed by atoms with Crippen LogP contribution in [0.4, 0.5) is 11.4 Å². The molecule has 0 aliphatic heterocycles. The molecule has 4 aromatic rings. The fourth-order valence-corrected chi connectivity index (χ4v) is 3.26. The lowest BCUT2D eigenvalue weighted by Gasteiger charge is -2.10. The summed E-state index contributed by atoms with van der Waals surface area (Å²) in [6.07, 6.45) is 0. The molecule has 0 saturated heterocycles. The number of furan rings is 1. The quantitative estimate of drug-likeness (QED) is 0.295. The highest BCUT2D eigenvalue weighted by atomic mass is 32.1. The van der Waals surface area contributed by atoms with Gasteiger partial charge in [-0.15, -0.1) is 0 Å². The summed E-state index contributed by atoms with van der Waals surface area (Å²) in [5.74, 6) is -0.579. The lowest BCUT2D eigenvalue weighted by molar-refractivity contribution is 0.0919. The number of carbonyl (C=O) groups excluding carboxylic acids is 1. The molecule has 0 saturated carbocycles. The molecule has 0 radical (unpaired) electrons. The molecule has 0 fully saturated rings. The van der Waals surface area contributed by atoms with Crippen LogP contribution in [-0.2, 0) is 0 Å². The molecule has 2 aromatic carbocycles. The molecular weight excluding hydrogens is 398 g/mol. The van der Waals surface area contributed by atoms with E-state index in [1.165, 1.54) is 0 Å². The Hall–Kier alpha value is -3.91. The summed E-state index contributed by atoms with van der Waals surface area (Å²) >= 11 is 5.18. The molecule has 0 aliphatic carbocycles. The number of carbonyl (C=O) groups is 1. The van der Waals surface area contributed by atoms with Gasteiger partial charge in [-0.2, -0.15) is 0 Å². The summed E-state index contributed by atoms with van der Waals surface area (Å²) in [5, 5.41) is 3.80. The van der Waals surface area contributed by atoms with Gasteiger partial charge in [0.25, 0.3) is 0 Å². The number of amides is 1. The van der Waals surface area contributed by atoms with Crippen LogP contribution in [0.3, 0.4) is 0 Å². The Labute approximate surface area is 178 Å². The number of benzene rings is 2. The number of hydrogen-bond acceptors (Lipinski definition) is 5. The minimum absolute atomic E-state index is 0.0270. The predicted molar refractivity (Wildman–Crippen MR) is 122 cm³/mol. The third-order valence-corrected chi connectivity index (χ3v) is 4.70. The van der Waals surface area contributed by atoms with Crippen LogP contribution in [0.25, 0.3) is 22.4 Å². The van der Waals surface area contributed by atoms with Gasteiger partial charge in [-0.1, -0.05) is 48.5 Å². The van der Waals surface area contributed by atoms with E-state index in [0.717, 1.165) is 22.5 Å². The second kappa shape index (κ2) is 8.22. The van der Waals surface area contributed by atoms with Gasteiger partial charge < -0.3 is 15.5 Å². The number of nitrogens with one attached hydrogen (secondary N) is 3. The van der Waals surface area contributed by atoms with Crippen molar-refractivity contribution in [3.05, 3.63) is 78.1 Å². The average Bonchev–Trinajstić information content (AvgIpc) is 3.10. The molecule has 0 bridgehead atoms. The van der Waals surface area contributed by atoms with E-state index in [1.807, 2.05) is 73.7 Å². The van der Waals surface area contributed by atoms with Crippen molar-refractivity contribution in [3.8, 4) is 11.3 Å².